The van der Waals surface area contributed by atoms with E-state index in [9.17, 15) is 0 Å². The summed E-state index contributed by atoms with van der Waals surface area (Å²) in [5.41, 5.74) is 13.5. The minimum Gasteiger partial charge on any atom is -0.309 e. The summed E-state index contributed by atoms with van der Waals surface area (Å²) >= 11 is 0. The largest absolute Gasteiger partial charge is 0.309 e. The maximum Gasteiger partial charge on any atom is 0.249 e. The van der Waals surface area contributed by atoms with E-state index >= 15 is 0 Å². The van der Waals surface area contributed by atoms with Crippen LogP contribution < -0.4 is 4.57 Å². The zero-order valence-electron chi connectivity index (χ0n) is 28.8. The first kappa shape index (κ1) is 28.8. The third kappa shape index (κ3) is 4.00. The van der Waals surface area contributed by atoms with Crippen molar-refractivity contribution in [3.8, 4) is 17.2 Å². The van der Waals surface area contributed by atoms with E-state index in [2.05, 4.69) is 179 Å². The maximum absolute atomic E-state index is 5.28. The topological polar surface area (TPSA) is 48.9 Å². The minimum absolute atomic E-state index is 0.0273. The SMILES string of the molecule is Cc1cccc2c1nc1n(-c3cc(C(C)(C)C)ccn3)c3cc4c(cc3n21)c1ccccc1n4-c1cccc(-n2c[n+](C)c3ccccc32)c1. The number of nitrogens with zero attached hydrogens (tertiary/aromatic N) is 7. The molecule has 0 bridgehead atoms. The molecular formula is C43H36N7+. The lowest BCUT2D eigenvalue weighted by Gasteiger charge is -2.19. The number of rotatable bonds is 3. The standard InChI is InChI=1S/C43H36N7/c1-27-12-10-19-36-41(27)45-42-49(36)38-24-32-31-15-6-7-16-33(31)48(37(32)25-39(38)50(42)40-22-28(20-21-44-40)43(2,3)4)30-14-11-13-29(23-30)47-26-46(5)34-17-8-9-18-35(34)47/h6-26H,1-5H3/q+1. The number of hydrogen-bond acceptors (Lipinski definition) is 2. The quantitative estimate of drug-likeness (QED) is 0.179. The first-order valence-electron chi connectivity index (χ1n) is 17.2. The van der Waals surface area contributed by atoms with E-state index in [1.54, 1.807) is 0 Å². The number of aromatic nitrogens is 7. The van der Waals surface area contributed by atoms with Crippen molar-refractivity contribution in [2.45, 2.75) is 33.1 Å². The van der Waals surface area contributed by atoms with Crippen LogP contribution >= 0.6 is 0 Å². The van der Waals surface area contributed by atoms with Gasteiger partial charge in [0.1, 0.15) is 11.5 Å². The van der Waals surface area contributed by atoms with Crippen molar-refractivity contribution in [3.63, 3.8) is 0 Å². The Balaban J connectivity index is 1.31. The van der Waals surface area contributed by atoms with Crippen LogP contribution in [0.1, 0.15) is 31.9 Å². The highest BCUT2D eigenvalue weighted by Crippen LogP contribution is 2.38. The molecule has 0 aliphatic rings. The molecule has 242 valence electrons. The molecule has 50 heavy (non-hydrogen) atoms. The third-order valence-corrected chi connectivity index (χ3v) is 10.3. The second-order valence-corrected chi connectivity index (χ2v) is 14.5. The van der Waals surface area contributed by atoms with Crippen molar-refractivity contribution >= 4 is 60.7 Å². The Hall–Kier alpha value is -6.21. The Morgan fingerprint density at radius 1 is 0.620 bits per heavy atom. The van der Waals surface area contributed by atoms with Crippen LogP contribution in [0.25, 0.3) is 77.9 Å². The van der Waals surface area contributed by atoms with Crippen LogP contribution in [-0.4, -0.2) is 28.1 Å². The van der Waals surface area contributed by atoms with Gasteiger partial charge in [0.25, 0.3) is 0 Å². The molecule has 5 heterocycles. The van der Waals surface area contributed by atoms with Gasteiger partial charge in [-0.1, -0.05) is 69.3 Å². The highest BCUT2D eigenvalue weighted by Gasteiger charge is 2.24. The molecule has 0 saturated heterocycles. The van der Waals surface area contributed by atoms with Crippen molar-refractivity contribution in [2.75, 3.05) is 0 Å². The summed E-state index contributed by atoms with van der Waals surface area (Å²) in [5, 5.41) is 2.41. The van der Waals surface area contributed by atoms with Crippen molar-refractivity contribution < 1.29 is 4.57 Å². The lowest BCUT2D eigenvalue weighted by atomic mass is 9.88. The minimum atomic E-state index is -0.0273. The molecule has 5 aromatic heterocycles. The van der Waals surface area contributed by atoms with Gasteiger partial charge in [0.15, 0.2) is 11.0 Å². The summed E-state index contributed by atoms with van der Waals surface area (Å²) in [6, 6.07) is 41.6. The Bertz CT molecular complexity index is 3000. The van der Waals surface area contributed by atoms with Crippen LogP contribution in [0, 0.1) is 6.92 Å². The summed E-state index contributed by atoms with van der Waals surface area (Å²) in [7, 11) is 2.10. The zero-order chi connectivity index (χ0) is 33.9. The van der Waals surface area contributed by atoms with Crippen LogP contribution in [-0.2, 0) is 12.5 Å². The van der Waals surface area contributed by atoms with E-state index in [0.29, 0.717) is 0 Å². The molecule has 0 radical (unpaired) electrons. The molecule has 0 N–H and O–H groups in total. The first-order valence-corrected chi connectivity index (χ1v) is 17.2. The number of imidazole rings is 3. The predicted octanol–water partition coefficient (Wildman–Crippen LogP) is 9.30. The Kier molecular flexibility index (Phi) is 5.84. The smallest absolute Gasteiger partial charge is 0.249 e. The van der Waals surface area contributed by atoms with E-state index in [0.717, 1.165) is 61.6 Å². The molecule has 5 aromatic carbocycles. The van der Waals surface area contributed by atoms with Crippen molar-refractivity contribution in [1.29, 1.82) is 0 Å². The normalized spacial score (nSPS) is 12.5. The van der Waals surface area contributed by atoms with Gasteiger partial charge in [-0.3, -0.25) is 8.97 Å². The van der Waals surface area contributed by atoms with Gasteiger partial charge < -0.3 is 4.57 Å². The second-order valence-electron chi connectivity index (χ2n) is 14.5. The number of pyridine rings is 1. The van der Waals surface area contributed by atoms with Crippen LogP contribution in [0.3, 0.4) is 0 Å². The summed E-state index contributed by atoms with van der Waals surface area (Å²) in [4.78, 5) is 10.2. The average Bonchev–Trinajstić information content (AvgIpc) is 3.85. The summed E-state index contributed by atoms with van der Waals surface area (Å²) in [5.74, 6) is 1.72. The monoisotopic (exact) mass is 650 g/mol. The molecule has 0 fully saturated rings. The van der Waals surface area contributed by atoms with E-state index in [4.69, 9.17) is 9.97 Å². The number of hydrogen-bond donors (Lipinski definition) is 0. The second kappa shape index (κ2) is 10.2. The highest BCUT2D eigenvalue weighted by molar-refractivity contribution is 6.14. The molecule has 0 aliphatic heterocycles. The molecule has 10 aromatic rings. The Morgan fingerprint density at radius 3 is 2.24 bits per heavy atom. The zero-order valence-corrected chi connectivity index (χ0v) is 28.8. The average molecular weight is 651 g/mol. The lowest BCUT2D eigenvalue weighted by Crippen LogP contribution is -2.25. The first-order chi connectivity index (χ1) is 24.3. The summed E-state index contributed by atoms with van der Waals surface area (Å²) in [6.45, 7) is 8.87. The van der Waals surface area contributed by atoms with Gasteiger partial charge in [0.2, 0.25) is 12.1 Å². The molecule has 0 aliphatic carbocycles. The van der Waals surface area contributed by atoms with Gasteiger partial charge in [-0.15, -0.1) is 0 Å². The van der Waals surface area contributed by atoms with Crippen LogP contribution in [0.2, 0.25) is 0 Å². The number of benzene rings is 5. The Labute approximate surface area is 288 Å². The van der Waals surface area contributed by atoms with E-state index in [1.165, 1.54) is 27.4 Å². The number of para-hydroxylation sites is 4. The van der Waals surface area contributed by atoms with Crippen molar-refractivity contribution in [3.05, 3.63) is 139 Å². The molecule has 0 amide bonds. The Morgan fingerprint density at radius 2 is 1.38 bits per heavy atom. The lowest BCUT2D eigenvalue weighted by molar-refractivity contribution is -0.645. The molecule has 0 saturated carbocycles. The highest BCUT2D eigenvalue weighted by atomic mass is 15.2. The van der Waals surface area contributed by atoms with Gasteiger partial charge in [0, 0.05) is 23.0 Å². The van der Waals surface area contributed by atoms with Gasteiger partial charge in [-0.2, -0.15) is 4.57 Å². The number of aryl methyl sites for hydroxylation is 2. The van der Waals surface area contributed by atoms with Crippen LogP contribution in [0.5, 0.6) is 0 Å². The fourth-order valence-electron chi connectivity index (χ4n) is 7.84. The maximum atomic E-state index is 5.28. The molecule has 7 heteroatoms. The van der Waals surface area contributed by atoms with Gasteiger partial charge in [-0.05, 0) is 84.1 Å². The third-order valence-electron chi connectivity index (χ3n) is 10.3. The van der Waals surface area contributed by atoms with Crippen LogP contribution in [0.4, 0.5) is 0 Å². The fourth-order valence-corrected chi connectivity index (χ4v) is 7.84. The number of fused-ring (bicyclic) bond motifs is 9. The van der Waals surface area contributed by atoms with Gasteiger partial charge in [0.05, 0.1) is 45.8 Å². The fraction of sp³-hybridized carbons (Fsp3) is 0.140. The van der Waals surface area contributed by atoms with Crippen LogP contribution in [0.15, 0.2) is 128 Å². The van der Waals surface area contributed by atoms with Crippen molar-refractivity contribution in [2.24, 2.45) is 7.05 Å². The molecular weight excluding hydrogens is 615 g/mol. The van der Waals surface area contributed by atoms with Gasteiger partial charge in [-0.25, -0.2) is 14.5 Å². The molecule has 0 atom stereocenters. The van der Waals surface area contributed by atoms with E-state index in [1.807, 2.05) is 6.20 Å². The van der Waals surface area contributed by atoms with E-state index in [-0.39, 0.29) is 5.41 Å². The summed E-state index contributed by atoms with van der Waals surface area (Å²) < 4.78 is 11.4. The van der Waals surface area contributed by atoms with E-state index < -0.39 is 0 Å². The van der Waals surface area contributed by atoms with Gasteiger partial charge >= 0.3 is 0 Å². The molecule has 10 rings (SSSR count). The van der Waals surface area contributed by atoms with Crippen molar-refractivity contribution in [1.82, 2.24) is 28.1 Å². The predicted molar refractivity (Wildman–Crippen MR) is 203 cm³/mol. The molecule has 0 spiro atoms. The summed E-state index contributed by atoms with van der Waals surface area (Å²) in [6.07, 6.45) is 4.09. The molecule has 7 nitrogen and oxygen atoms in total. The molecule has 0 unspecified atom stereocenters.